The number of fused-ring (bicyclic) bond motifs is 1. The van der Waals surface area contributed by atoms with Crippen molar-refractivity contribution in [3.63, 3.8) is 0 Å². The number of esters is 1. The molecule has 0 N–H and O–H groups in total. The minimum Gasteiger partial charge on any atom is -0.467 e. The summed E-state index contributed by atoms with van der Waals surface area (Å²) in [4.78, 5) is 34.4. The highest BCUT2D eigenvalue weighted by atomic mass is 16.5. The van der Waals surface area contributed by atoms with Gasteiger partial charge >= 0.3 is 5.97 Å². The first kappa shape index (κ1) is 25.6. The number of piperidine rings is 1. The van der Waals surface area contributed by atoms with Gasteiger partial charge in [0.1, 0.15) is 6.04 Å². The number of hydrogen-bond acceptors (Lipinski definition) is 5. The molecule has 3 fully saturated rings. The molecule has 3 aromatic rings. The molecule has 1 unspecified atom stereocenters. The van der Waals surface area contributed by atoms with Crippen molar-refractivity contribution in [2.45, 2.75) is 43.3 Å². The molecule has 0 saturated carbocycles. The Morgan fingerprint density at radius 3 is 2.05 bits per heavy atom. The first-order chi connectivity index (χ1) is 19.1. The Hall–Kier alpha value is -3.64. The van der Waals surface area contributed by atoms with Gasteiger partial charge in [-0.3, -0.25) is 9.69 Å². The molecule has 3 saturated heterocycles. The van der Waals surface area contributed by atoms with E-state index < -0.39 is 12.0 Å². The number of ether oxygens (including phenoxy) is 1. The predicted octanol–water partition coefficient (Wildman–Crippen LogP) is 4.56. The quantitative estimate of drug-likeness (QED) is 0.444. The van der Waals surface area contributed by atoms with Gasteiger partial charge in [0.05, 0.1) is 13.0 Å². The highest BCUT2D eigenvalue weighted by molar-refractivity contribution is 5.91. The number of nitrogens with zero attached hydrogens (tertiary/aromatic N) is 3. The van der Waals surface area contributed by atoms with Crippen LogP contribution in [0.4, 0.5) is 5.69 Å². The van der Waals surface area contributed by atoms with Gasteiger partial charge in [0.15, 0.2) is 0 Å². The van der Waals surface area contributed by atoms with Gasteiger partial charge in [-0.15, -0.1) is 0 Å². The fourth-order valence-electron chi connectivity index (χ4n) is 7.11. The van der Waals surface area contributed by atoms with Gasteiger partial charge in [-0.1, -0.05) is 78.9 Å². The summed E-state index contributed by atoms with van der Waals surface area (Å²) in [5, 5.41) is 0. The van der Waals surface area contributed by atoms with Gasteiger partial charge in [-0.05, 0) is 55.0 Å². The van der Waals surface area contributed by atoms with Crippen LogP contribution >= 0.6 is 0 Å². The lowest BCUT2D eigenvalue weighted by atomic mass is 9.90. The van der Waals surface area contributed by atoms with E-state index in [4.69, 9.17) is 4.74 Å². The van der Waals surface area contributed by atoms with Crippen molar-refractivity contribution in [2.75, 3.05) is 38.2 Å². The summed E-state index contributed by atoms with van der Waals surface area (Å²) in [5.74, 6) is -0.220. The van der Waals surface area contributed by atoms with E-state index in [-0.39, 0.29) is 17.9 Å². The molecule has 202 valence electrons. The van der Waals surface area contributed by atoms with E-state index in [1.54, 1.807) is 0 Å². The van der Waals surface area contributed by atoms with E-state index in [1.807, 2.05) is 65.6 Å². The van der Waals surface area contributed by atoms with Gasteiger partial charge in [0.25, 0.3) is 0 Å². The molecule has 0 radical (unpaired) electrons. The van der Waals surface area contributed by atoms with Crippen molar-refractivity contribution in [3.05, 3.63) is 102 Å². The summed E-state index contributed by atoms with van der Waals surface area (Å²) in [7, 11) is 1.43. The van der Waals surface area contributed by atoms with Gasteiger partial charge in [0.2, 0.25) is 5.91 Å². The number of methoxy groups -OCH3 is 1. The third kappa shape index (κ3) is 5.06. The van der Waals surface area contributed by atoms with Crippen LogP contribution < -0.4 is 4.90 Å². The molecule has 3 aliphatic heterocycles. The Morgan fingerprint density at radius 2 is 1.44 bits per heavy atom. The Balaban J connectivity index is 1.27. The Bertz CT molecular complexity index is 1230. The van der Waals surface area contributed by atoms with E-state index in [2.05, 4.69) is 40.1 Å². The van der Waals surface area contributed by atoms with Crippen LogP contribution in [-0.2, 0) is 14.3 Å². The summed E-state index contributed by atoms with van der Waals surface area (Å²) in [6.45, 7) is 3.60. The van der Waals surface area contributed by atoms with Crippen molar-refractivity contribution in [1.29, 1.82) is 0 Å². The molecule has 0 bridgehead atoms. The number of benzene rings is 3. The minimum atomic E-state index is -0.575. The maximum absolute atomic E-state index is 14.4. The molecule has 3 heterocycles. The molecule has 6 heteroatoms. The van der Waals surface area contributed by atoms with Crippen molar-refractivity contribution in [2.24, 2.45) is 5.92 Å². The second-order valence-electron chi connectivity index (χ2n) is 11.1. The van der Waals surface area contributed by atoms with Crippen LogP contribution in [0.15, 0.2) is 91.0 Å². The summed E-state index contributed by atoms with van der Waals surface area (Å²) >= 11 is 0. The van der Waals surface area contributed by atoms with Crippen molar-refractivity contribution in [3.8, 4) is 0 Å². The number of amides is 1. The molecular formula is C33H37N3O3. The molecule has 3 aromatic carbocycles. The standard InChI is InChI=1S/C33H37N3O3/c1-39-33(38)29-20-28(35-19-11-16-26-21-34(23-30(26)35)27-17-9-4-10-18-27)22-36(29)32(37)31(24-12-5-2-6-13-24)25-14-7-3-8-15-25/h2-10,12-15,17-18,26,28-31H,11,16,19-23H2,1H3/t26-,28?,29+,30+/m1/s1. The number of likely N-dealkylation sites (tertiary alicyclic amines) is 2. The van der Waals surface area contributed by atoms with Crippen LogP contribution in [0.25, 0.3) is 0 Å². The zero-order valence-electron chi connectivity index (χ0n) is 22.6. The maximum atomic E-state index is 14.4. The molecule has 4 atom stereocenters. The van der Waals surface area contributed by atoms with Gasteiger partial charge in [-0.2, -0.15) is 0 Å². The molecule has 6 rings (SSSR count). The molecule has 0 aliphatic carbocycles. The SMILES string of the molecule is COC(=O)[C@@H]1CC(N2CCC[C@@H]3CN(c4ccccc4)C[C@@H]32)CN1C(=O)C(c1ccccc1)c1ccccc1. The molecule has 0 spiro atoms. The number of anilines is 1. The summed E-state index contributed by atoms with van der Waals surface area (Å²) in [6, 6.07) is 30.5. The second kappa shape index (κ2) is 11.2. The van der Waals surface area contributed by atoms with Gasteiger partial charge < -0.3 is 14.5 Å². The number of rotatable bonds is 6. The summed E-state index contributed by atoms with van der Waals surface area (Å²) in [6.07, 6.45) is 2.99. The number of para-hydroxylation sites is 1. The number of carbonyl (C=O) groups excluding carboxylic acids is 2. The van der Waals surface area contributed by atoms with Crippen molar-refractivity contribution >= 4 is 17.6 Å². The third-order valence-electron chi connectivity index (χ3n) is 8.96. The lowest BCUT2D eigenvalue weighted by Gasteiger charge is -2.40. The first-order valence-electron chi connectivity index (χ1n) is 14.2. The zero-order chi connectivity index (χ0) is 26.8. The summed E-state index contributed by atoms with van der Waals surface area (Å²) < 4.78 is 5.24. The highest BCUT2D eigenvalue weighted by Crippen LogP contribution is 2.38. The first-order valence-corrected chi connectivity index (χ1v) is 14.2. The lowest BCUT2D eigenvalue weighted by molar-refractivity contribution is -0.151. The number of carbonyl (C=O) groups is 2. The Labute approximate surface area is 231 Å². The molecule has 3 aliphatic rings. The largest absolute Gasteiger partial charge is 0.467 e. The third-order valence-corrected chi connectivity index (χ3v) is 8.96. The average Bonchev–Trinajstić information content (AvgIpc) is 3.64. The normalized spacial score (nSPS) is 25.1. The topological polar surface area (TPSA) is 53.1 Å². The molecule has 39 heavy (non-hydrogen) atoms. The van der Waals surface area contributed by atoms with Crippen LogP contribution in [0.1, 0.15) is 36.3 Å². The predicted molar refractivity (Wildman–Crippen MR) is 153 cm³/mol. The zero-order valence-corrected chi connectivity index (χ0v) is 22.6. The van der Waals surface area contributed by atoms with E-state index in [0.29, 0.717) is 24.9 Å². The fraction of sp³-hybridized carbons (Fsp3) is 0.394. The van der Waals surface area contributed by atoms with Gasteiger partial charge in [0, 0.05) is 37.4 Å². The van der Waals surface area contributed by atoms with E-state index >= 15 is 0 Å². The van der Waals surface area contributed by atoms with Crippen molar-refractivity contribution in [1.82, 2.24) is 9.80 Å². The number of hydrogen-bond donors (Lipinski definition) is 0. The minimum absolute atomic E-state index is 0.0313. The highest BCUT2D eigenvalue weighted by Gasteiger charge is 2.49. The molecule has 0 aromatic heterocycles. The molecule has 1 amide bonds. The van der Waals surface area contributed by atoms with Crippen LogP contribution in [0.2, 0.25) is 0 Å². The molecule has 6 nitrogen and oxygen atoms in total. The Kier molecular flexibility index (Phi) is 7.38. The van der Waals surface area contributed by atoms with Crippen LogP contribution in [0.5, 0.6) is 0 Å². The Morgan fingerprint density at radius 1 is 0.821 bits per heavy atom. The monoisotopic (exact) mass is 523 g/mol. The smallest absolute Gasteiger partial charge is 0.328 e. The lowest BCUT2D eigenvalue weighted by Crippen LogP contribution is -2.51. The maximum Gasteiger partial charge on any atom is 0.328 e. The average molecular weight is 524 g/mol. The van der Waals surface area contributed by atoms with Crippen LogP contribution in [-0.4, -0.2) is 73.1 Å². The van der Waals surface area contributed by atoms with Crippen LogP contribution in [0, 0.1) is 5.92 Å². The second-order valence-corrected chi connectivity index (χ2v) is 11.1. The molecular weight excluding hydrogens is 486 g/mol. The fourth-order valence-corrected chi connectivity index (χ4v) is 7.11. The van der Waals surface area contributed by atoms with Crippen LogP contribution in [0.3, 0.4) is 0 Å². The summed E-state index contributed by atoms with van der Waals surface area (Å²) in [5.41, 5.74) is 3.15. The van der Waals surface area contributed by atoms with E-state index in [9.17, 15) is 9.59 Å². The van der Waals surface area contributed by atoms with Crippen molar-refractivity contribution < 1.29 is 14.3 Å². The van der Waals surface area contributed by atoms with Gasteiger partial charge in [-0.25, -0.2) is 4.79 Å². The van der Waals surface area contributed by atoms with E-state index in [1.165, 1.54) is 19.2 Å². The van der Waals surface area contributed by atoms with E-state index in [0.717, 1.165) is 37.2 Å².